The van der Waals surface area contributed by atoms with Crippen LogP contribution in [0.3, 0.4) is 0 Å². The molecule has 1 aromatic carbocycles. The molecule has 0 saturated carbocycles. The topological polar surface area (TPSA) is 21.3 Å². The van der Waals surface area contributed by atoms with E-state index in [9.17, 15) is 0 Å². The second-order valence-corrected chi connectivity index (χ2v) is 4.58. The summed E-state index contributed by atoms with van der Waals surface area (Å²) < 4.78 is 6.58. The van der Waals surface area contributed by atoms with Crippen LogP contribution in [0.15, 0.2) is 22.7 Å². The minimum Gasteiger partial charge on any atom is -0.494 e. The summed E-state index contributed by atoms with van der Waals surface area (Å²) in [5.41, 5.74) is 1.23. The first-order chi connectivity index (χ1) is 7.13. The molecule has 0 aliphatic heterocycles. The highest BCUT2D eigenvalue weighted by Gasteiger charge is 2.03. The first-order valence-electron chi connectivity index (χ1n) is 5.28. The number of hydrogen-bond acceptors (Lipinski definition) is 2. The number of benzene rings is 1. The van der Waals surface area contributed by atoms with Crippen LogP contribution in [0.1, 0.15) is 26.3 Å². The van der Waals surface area contributed by atoms with Gasteiger partial charge in [0.2, 0.25) is 0 Å². The molecule has 0 aliphatic rings. The number of ether oxygens (including phenoxy) is 1. The third-order valence-electron chi connectivity index (χ3n) is 2.03. The average Bonchev–Trinajstić information content (AvgIpc) is 2.19. The number of hydrogen-bond donors (Lipinski definition) is 1. The molecule has 0 aromatic heterocycles. The van der Waals surface area contributed by atoms with E-state index in [-0.39, 0.29) is 0 Å². The van der Waals surface area contributed by atoms with Gasteiger partial charge >= 0.3 is 0 Å². The van der Waals surface area contributed by atoms with E-state index in [2.05, 4.69) is 41.2 Å². The van der Waals surface area contributed by atoms with Crippen molar-refractivity contribution in [2.24, 2.45) is 0 Å². The molecule has 2 nitrogen and oxygen atoms in total. The van der Waals surface area contributed by atoms with Crippen LogP contribution in [-0.4, -0.2) is 12.6 Å². The maximum Gasteiger partial charge on any atom is 0.119 e. The molecule has 84 valence electrons. The van der Waals surface area contributed by atoms with Crippen molar-refractivity contribution in [1.82, 2.24) is 5.32 Å². The molecule has 1 N–H and O–H groups in total. The van der Waals surface area contributed by atoms with E-state index in [1.54, 1.807) is 0 Å². The standard InChI is InChI=1S/C12H18BrNO/c1-4-15-11-5-6-12(13)10(7-11)8-14-9(2)3/h5-7,9,14H,4,8H2,1-3H3. The molecule has 0 heterocycles. The molecule has 1 rings (SSSR count). The Morgan fingerprint density at radius 1 is 1.40 bits per heavy atom. The molecule has 1 aromatic rings. The second kappa shape index (κ2) is 6.13. The summed E-state index contributed by atoms with van der Waals surface area (Å²) in [6, 6.07) is 6.57. The van der Waals surface area contributed by atoms with E-state index in [0.717, 1.165) is 16.8 Å². The summed E-state index contributed by atoms with van der Waals surface area (Å²) in [4.78, 5) is 0. The molecule has 0 fully saturated rings. The molecule has 15 heavy (non-hydrogen) atoms. The van der Waals surface area contributed by atoms with Crippen LogP contribution in [0.4, 0.5) is 0 Å². The molecule has 0 unspecified atom stereocenters. The van der Waals surface area contributed by atoms with Crippen molar-refractivity contribution >= 4 is 15.9 Å². The van der Waals surface area contributed by atoms with Gasteiger partial charge in [0.1, 0.15) is 5.75 Å². The number of nitrogens with one attached hydrogen (secondary N) is 1. The van der Waals surface area contributed by atoms with Crippen LogP contribution >= 0.6 is 15.9 Å². The van der Waals surface area contributed by atoms with E-state index in [4.69, 9.17) is 4.74 Å². The van der Waals surface area contributed by atoms with Gasteiger partial charge in [0, 0.05) is 17.1 Å². The van der Waals surface area contributed by atoms with Crippen LogP contribution in [0.25, 0.3) is 0 Å². The van der Waals surface area contributed by atoms with Gasteiger partial charge in [0.05, 0.1) is 6.61 Å². The molecule has 3 heteroatoms. The SMILES string of the molecule is CCOc1ccc(Br)c(CNC(C)C)c1. The van der Waals surface area contributed by atoms with Crippen LogP contribution in [0, 0.1) is 0 Å². The lowest BCUT2D eigenvalue weighted by Gasteiger charge is -2.11. The molecule has 0 saturated heterocycles. The Kier molecular flexibility index (Phi) is 5.12. The zero-order valence-electron chi connectivity index (χ0n) is 9.51. The van der Waals surface area contributed by atoms with Crippen LogP contribution in [0.2, 0.25) is 0 Å². The van der Waals surface area contributed by atoms with Gasteiger partial charge in [-0.2, -0.15) is 0 Å². The van der Waals surface area contributed by atoms with Gasteiger partial charge in [-0.25, -0.2) is 0 Å². The van der Waals surface area contributed by atoms with Gasteiger partial charge < -0.3 is 10.1 Å². The van der Waals surface area contributed by atoms with Crippen molar-refractivity contribution in [3.63, 3.8) is 0 Å². The zero-order chi connectivity index (χ0) is 11.3. The summed E-state index contributed by atoms with van der Waals surface area (Å²) in [6.45, 7) is 7.84. The predicted octanol–water partition coefficient (Wildman–Crippen LogP) is 3.35. The Labute approximate surface area is 100 Å². The Morgan fingerprint density at radius 3 is 2.73 bits per heavy atom. The number of rotatable bonds is 5. The van der Waals surface area contributed by atoms with Crippen LogP contribution < -0.4 is 10.1 Å². The Balaban J connectivity index is 2.71. The van der Waals surface area contributed by atoms with E-state index < -0.39 is 0 Å². The Bertz CT molecular complexity index is 312. The third-order valence-corrected chi connectivity index (χ3v) is 2.80. The van der Waals surface area contributed by atoms with Gasteiger partial charge in [-0.05, 0) is 30.7 Å². The maximum atomic E-state index is 5.46. The van der Waals surface area contributed by atoms with Crippen molar-refractivity contribution in [3.05, 3.63) is 28.2 Å². The minimum absolute atomic E-state index is 0.493. The van der Waals surface area contributed by atoms with E-state index in [0.29, 0.717) is 12.6 Å². The number of halogens is 1. The summed E-state index contributed by atoms with van der Waals surface area (Å²) in [7, 11) is 0. The highest BCUT2D eigenvalue weighted by Crippen LogP contribution is 2.22. The molecule has 0 bridgehead atoms. The van der Waals surface area contributed by atoms with Crippen LogP contribution in [-0.2, 0) is 6.54 Å². The predicted molar refractivity (Wildman–Crippen MR) is 67.3 cm³/mol. The summed E-state index contributed by atoms with van der Waals surface area (Å²) >= 11 is 3.54. The summed E-state index contributed by atoms with van der Waals surface area (Å²) in [5.74, 6) is 0.932. The van der Waals surface area contributed by atoms with Crippen molar-refractivity contribution in [1.29, 1.82) is 0 Å². The quantitative estimate of drug-likeness (QED) is 0.887. The highest BCUT2D eigenvalue weighted by atomic mass is 79.9. The van der Waals surface area contributed by atoms with Crippen LogP contribution in [0.5, 0.6) is 5.75 Å². The molecule has 0 aliphatic carbocycles. The van der Waals surface area contributed by atoms with Crippen molar-refractivity contribution in [3.8, 4) is 5.75 Å². The lowest BCUT2D eigenvalue weighted by Crippen LogP contribution is -2.22. The Hall–Kier alpha value is -0.540. The third kappa shape index (κ3) is 4.22. The largest absolute Gasteiger partial charge is 0.494 e. The fraction of sp³-hybridized carbons (Fsp3) is 0.500. The zero-order valence-corrected chi connectivity index (χ0v) is 11.1. The fourth-order valence-electron chi connectivity index (χ4n) is 1.26. The first kappa shape index (κ1) is 12.5. The van der Waals surface area contributed by atoms with E-state index in [1.807, 2.05) is 19.1 Å². The maximum absolute atomic E-state index is 5.46. The van der Waals surface area contributed by atoms with Gasteiger partial charge in [0.15, 0.2) is 0 Å². The van der Waals surface area contributed by atoms with Crippen molar-refractivity contribution < 1.29 is 4.74 Å². The normalized spacial score (nSPS) is 10.7. The minimum atomic E-state index is 0.493. The van der Waals surface area contributed by atoms with E-state index >= 15 is 0 Å². The molecule has 0 amide bonds. The summed E-state index contributed by atoms with van der Waals surface area (Å²) in [5, 5.41) is 3.39. The molecular weight excluding hydrogens is 254 g/mol. The fourth-order valence-corrected chi connectivity index (χ4v) is 1.64. The molecular formula is C12H18BrNO. The van der Waals surface area contributed by atoms with Crippen molar-refractivity contribution in [2.75, 3.05) is 6.61 Å². The smallest absolute Gasteiger partial charge is 0.119 e. The lowest BCUT2D eigenvalue weighted by molar-refractivity contribution is 0.339. The van der Waals surface area contributed by atoms with Gasteiger partial charge in [-0.1, -0.05) is 29.8 Å². The Morgan fingerprint density at radius 2 is 2.13 bits per heavy atom. The molecule has 0 atom stereocenters. The highest BCUT2D eigenvalue weighted by molar-refractivity contribution is 9.10. The molecule has 0 spiro atoms. The lowest BCUT2D eigenvalue weighted by atomic mass is 10.2. The second-order valence-electron chi connectivity index (χ2n) is 3.72. The first-order valence-corrected chi connectivity index (χ1v) is 6.07. The average molecular weight is 272 g/mol. The van der Waals surface area contributed by atoms with Gasteiger partial charge in [-0.3, -0.25) is 0 Å². The van der Waals surface area contributed by atoms with E-state index in [1.165, 1.54) is 5.56 Å². The van der Waals surface area contributed by atoms with Gasteiger partial charge in [0.25, 0.3) is 0 Å². The monoisotopic (exact) mass is 271 g/mol. The van der Waals surface area contributed by atoms with Crippen molar-refractivity contribution in [2.45, 2.75) is 33.4 Å². The van der Waals surface area contributed by atoms with Gasteiger partial charge in [-0.15, -0.1) is 0 Å². The summed E-state index contributed by atoms with van der Waals surface area (Å²) in [6.07, 6.45) is 0. The molecule has 0 radical (unpaired) electrons.